The van der Waals surface area contributed by atoms with Crippen LogP contribution in [0.15, 0.2) is 24.5 Å². The van der Waals surface area contributed by atoms with Gasteiger partial charge in [0.25, 0.3) is 5.54 Å². The van der Waals surface area contributed by atoms with E-state index in [4.69, 9.17) is 0 Å². The number of hydrogen-bond acceptors (Lipinski definition) is 7. The van der Waals surface area contributed by atoms with Crippen LogP contribution in [-0.2, 0) is 4.79 Å². The van der Waals surface area contributed by atoms with E-state index in [0.717, 1.165) is 0 Å². The first kappa shape index (κ1) is 24.4. The topological polar surface area (TPSA) is 125 Å². The Morgan fingerprint density at radius 2 is 2.06 bits per heavy atom. The lowest BCUT2D eigenvalue weighted by Gasteiger charge is -2.41. The number of aromatic nitrogens is 2. The number of nitrogens with zero attached hydrogens (tertiary/aromatic N) is 5. The van der Waals surface area contributed by atoms with Gasteiger partial charge in [0, 0.05) is 46.7 Å². The molecule has 1 aliphatic heterocycles. The lowest BCUT2D eigenvalue weighted by Crippen LogP contribution is -2.64. The maximum atomic E-state index is 13.1. The molecule has 1 saturated heterocycles. The monoisotopic (exact) mass is 484 g/mol. The smallest absolute Gasteiger partial charge is 0.253 e. The fraction of sp³-hybridized carbons (Fsp3) is 0.500. The third-order valence-electron chi connectivity index (χ3n) is 6.90. The maximum absolute atomic E-state index is 13.1. The molecule has 4 rings (SSSR count). The lowest BCUT2D eigenvalue weighted by atomic mass is 9.81. The van der Waals surface area contributed by atoms with Crippen LogP contribution in [0.5, 0.6) is 0 Å². The van der Waals surface area contributed by atoms with E-state index in [1.807, 2.05) is 0 Å². The molecule has 0 spiro atoms. The number of nitriles is 1. The standard InChI is InChI=1S/C24H26F2N6O3/c1-14-20(8-19(11-28-14)30-23(33)16-5-3-4-15(6-16)21(25)26)18-7-17(9-27)22(29-10-18)31-12-24(2,13-31)32(34)35/h7-8,10-11,15-16,21H,3-6,12-13H2,1-2H3,(H,30,33). The Balaban J connectivity index is 1.52. The lowest BCUT2D eigenvalue weighted by molar-refractivity contribution is -0.568. The molecule has 0 radical (unpaired) electrons. The summed E-state index contributed by atoms with van der Waals surface area (Å²) in [7, 11) is 0. The van der Waals surface area contributed by atoms with Crippen molar-refractivity contribution in [2.75, 3.05) is 23.3 Å². The predicted octanol–water partition coefficient (Wildman–Crippen LogP) is 4.19. The molecule has 1 saturated carbocycles. The molecule has 3 heterocycles. The number of halogens is 2. The van der Waals surface area contributed by atoms with E-state index in [-0.39, 0.29) is 35.9 Å². The van der Waals surface area contributed by atoms with Crippen molar-refractivity contribution in [1.29, 1.82) is 5.26 Å². The number of nitrogens with one attached hydrogen (secondary N) is 1. The zero-order valence-electron chi connectivity index (χ0n) is 19.5. The second-order valence-electron chi connectivity index (χ2n) is 9.62. The van der Waals surface area contributed by atoms with Gasteiger partial charge in [0.1, 0.15) is 11.9 Å². The summed E-state index contributed by atoms with van der Waals surface area (Å²) in [4.78, 5) is 34.0. The van der Waals surface area contributed by atoms with Crippen molar-refractivity contribution < 1.29 is 18.5 Å². The van der Waals surface area contributed by atoms with Crippen LogP contribution < -0.4 is 10.2 Å². The highest BCUT2D eigenvalue weighted by Gasteiger charge is 2.50. The fourth-order valence-corrected chi connectivity index (χ4v) is 4.81. The third kappa shape index (κ3) is 4.92. The minimum atomic E-state index is -2.42. The van der Waals surface area contributed by atoms with E-state index in [1.165, 1.54) is 6.20 Å². The number of carbonyl (C=O) groups excluding carboxylic acids is 1. The maximum Gasteiger partial charge on any atom is 0.253 e. The summed E-state index contributed by atoms with van der Waals surface area (Å²) < 4.78 is 26.2. The molecule has 2 fully saturated rings. The Hall–Kier alpha value is -3.68. The average Bonchev–Trinajstić information content (AvgIpc) is 2.82. The van der Waals surface area contributed by atoms with E-state index in [2.05, 4.69) is 21.4 Å². The molecule has 2 atom stereocenters. The highest BCUT2D eigenvalue weighted by molar-refractivity contribution is 5.93. The zero-order chi connectivity index (χ0) is 25.3. The summed E-state index contributed by atoms with van der Waals surface area (Å²) in [5.74, 6) is -1.14. The van der Waals surface area contributed by atoms with Gasteiger partial charge in [-0.25, -0.2) is 13.8 Å². The summed E-state index contributed by atoms with van der Waals surface area (Å²) >= 11 is 0. The van der Waals surface area contributed by atoms with Crippen molar-refractivity contribution in [1.82, 2.24) is 9.97 Å². The Morgan fingerprint density at radius 1 is 1.31 bits per heavy atom. The van der Waals surface area contributed by atoms with Gasteiger partial charge in [-0.2, -0.15) is 5.26 Å². The van der Waals surface area contributed by atoms with Gasteiger partial charge >= 0.3 is 0 Å². The van der Waals surface area contributed by atoms with Crippen LogP contribution in [0.1, 0.15) is 43.9 Å². The Bertz CT molecular complexity index is 1190. The van der Waals surface area contributed by atoms with Gasteiger partial charge in [-0.05, 0) is 38.3 Å². The molecule has 1 N–H and O–H groups in total. The molecule has 1 amide bonds. The Kier molecular flexibility index (Phi) is 6.65. The Morgan fingerprint density at radius 3 is 2.71 bits per heavy atom. The molecule has 2 aromatic rings. The van der Waals surface area contributed by atoms with Gasteiger partial charge in [0.15, 0.2) is 0 Å². The van der Waals surface area contributed by atoms with Crippen molar-refractivity contribution >= 4 is 17.4 Å². The van der Waals surface area contributed by atoms with Crippen molar-refractivity contribution in [3.05, 3.63) is 45.9 Å². The highest BCUT2D eigenvalue weighted by Crippen LogP contribution is 2.35. The second-order valence-corrected chi connectivity index (χ2v) is 9.62. The van der Waals surface area contributed by atoms with Crippen molar-refractivity contribution in [2.45, 2.75) is 51.5 Å². The number of nitro groups is 1. The van der Waals surface area contributed by atoms with Crippen molar-refractivity contribution in [3.63, 3.8) is 0 Å². The summed E-state index contributed by atoms with van der Waals surface area (Å²) in [5.41, 5.74) is 1.57. The van der Waals surface area contributed by atoms with Crippen LogP contribution >= 0.6 is 0 Å². The number of aryl methyl sites for hydroxylation is 1. The van der Waals surface area contributed by atoms with Crippen LogP contribution in [-0.4, -0.2) is 45.9 Å². The minimum absolute atomic E-state index is 0.163. The highest BCUT2D eigenvalue weighted by atomic mass is 19.3. The van der Waals surface area contributed by atoms with E-state index in [1.54, 1.807) is 37.1 Å². The van der Waals surface area contributed by atoms with Gasteiger partial charge in [-0.15, -0.1) is 0 Å². The van der Waals surface area contributed by atoms with Crippen molar-refractivity contribution in [2.24, 2.45) is 11.8 Å². The molecular weight excluding hydrogens is 458 g/mol. The van der Waals surface area contributed by atoms with Gasteiger partial charge in [-0.1, -0.05) is 6.42 Å². The molecule has 184 valence electrons. The molecule has 9 nitrogen and oxygen atoms in total. The van der Waals surface area contributed by atoms with Crippen molar-refractivity contribution in [3.8, 4) is 17.2 Å². The summed E-state index contributed by atoms with van der Waals surface area (Å²) in [6, 6.07) is 5.48. The van der Waals surface area contributed by atoms with Gasteiger partial charge in [-0.3, -0.25) is 19.9 Å². The van der Waals surface area contributed by atoms with Gasteiger partial charge < -0.3 is 10.2 Å². The first-order valence-corrected chi connectivity index (χ1v) is 11.5. The SMILES string of the molecule is Cc1ncc(NC(=O)C2CCCC(C(F)F)C2)cc1-c1cnc(N2CC(C)([N+](=O)[O-])C2)c(C#N)c1. The molecule has 0 aromatic carbocycles. The van der Waals surface area contributed by atoms with Gasteiger partial charge in [0.05, 0.1) is 30.5 Å². The fourth-order valence-electron chi connectivity index (χ4n) is 4.81. The molecular formula is C24H26F2N6O3. The molecule has 35 heavy (non-hydrogen) atoms. The predicted molar refractivity (Wildman–Crippen MR) is 125 cm³/mol. The molecule has 1 aliphatic carbocycles. The van der Waals surface area contributed by atoms with Crippen LogP contribution in [0.3, 0.4) is 0 Å². The number of anilines is 2. The number of pyridine rings is 2. The third-order valence-corrected chi connectivity index (χ3v) is 6.90. The Labute approximate surface area is 201 Å². The molecule has 11 heteroatoms. The first-order valence-electron chi connectivity index (χ1n) is 11.5. The van der Waals surface area contributed by atoms with E-state index in [9.17, 15) is 29.0 Å². The molecule has 2 aliphatic rings. The van der Waals surface area contributed by atoms with Crippen LogP contribution in [0, 0.1) is 40.2 Å². The normalized spacial score (nSPS) is 21.2. The van der Waals surface area contributed by atoms with Gasteiger partial charge in [0.2, 0.25) is 12.3 Å². The molecule has 0 bridgehead atoms. The second kappa shape index (κ2) is 9.52. The van der Waals surface area contributed by atoms with Crippen LogP contribution in [0.2, 0.25) is 0 Å². The first-order chi connectivity index (χ1) is 16.6. The number of rotatable bonds is 6. The van der Waals surface area contributed by atoms with E-state index >= 15 is 0 Å². The number of hydrogen-bond donors (Lipinski definition) is 1. The summed E-state index contributed by atoms with van der Waals surface area (Å²) in [5, 5.41) is 23.7. The largest absolute Gasteiger partial charge is 0.341 e. The zero-order valence-corrected chi connectivity index (χ0v) is 19.5. The summed E-state index contributed by atoms with van der Waals surface area (Å²) in [6.45, 7) is 3.67. The summed E-state index contributed by atoms with van der Waals surface area (Å²) in [6.07, 6.45) is 2.43. The number of alkyl halides is 2. The average molecular weight is 485 g/mol. The minimum Gasteiger partial charge on any atom is -0.341 e. The van der Waals surface area contributed by atoms with E-state index < -0.39 is 23.8 Å². The van der Waals surface area contributed by atoms with E-state index in [0.29, 0.717) is 47.6 Å². The quantitative estimate of drug-likeness (QED) is 0.481. The van der Waals surface area contributed by atoms with Crippen LogP contribution in [0.4, 0.5) is 20.3 Å². The molecule has 2 aromatic heterocycles. The van der Waals surface area contributed by atoms with Crippen LogP contribution in [0.25, 0.3) is 11.1 Å². The number of amides is 1. The molecule has 2 unspecified atom stereocenters. The number of carbonyl (C=O) groups is 1.